The van der Waals surface area contributed by atoms with E-state index in [1.807, 2.05) is 44.2 Å². The average Bonchev–Trinajstić information content (AvgIpc) is 2.37. The summed E-state index contributed by atoms with van der Waals surface area (Å²) in [6, 6.07) is 11.2. The second-order valence-corrected chi connectivity index (χ2v) is 4.42. The zero-order valence-corrected chi connectivity index (χ0v) is 11.3. The molecule has 0 radical (unpaired) electrons. The standard InChI is InChI=1S/C15H17N3O/c1-10-8-11(2)17-14(9-10)18-15(19)12-6-4-5-7-13(12)16-3/h4-9,16H,1-3H3,(H,17,18,19). The van der Waals surface area contributed by atoms with Crippen molar-refractivity contribution in [2.75, 3.05) is 17.7 Å². The van der Waals surface area contributed by atoms with Gasteiger partial charge in [0, 0.05) is 18.4 Å². The van der Waals surface area contributed by atoms with Gasteiger partial charge in [-0.25, -0.2) is 4.98 Å². The molecule has 0 saturated carbocycles. The molecule has 0 aliphatic heterocycles. The fourth-order valence-corrected chi connectivity index (χ4v) is 1.99. The van der Waals surface area contributed by atoms with Gasteiger partial charge in [-0.1, -0.05) is 12.1 Å². The molecule has 1 heterocycles. The number of pyridine rings is 1. The van der Waals surface area contributed by atoms with E-state index < -0.39 is 0 Å². The van der Waals surface area contributed by atoms with Gasteiger partial charge in [0.2, 0.25) is 0 Å². The average molecular weight is 255 g/mol. The number of amides is 1. The molecule has 1 aromatic carbocycles. The van der Waals surface area contributed by atoms with Crippen molar-refractivity contribution in [3.05, 3.63) is 53.2 Å². The van der Waals surface area contributed by atoms with Crippen LogP contribution in [0, 0.1) is 13.8 Å². The van der Waals surface area contributed by atoms with Crippen LogP contribution in [0.2, 0.25) is 0 Å². The van der Waals surface area contributed by atoms with Crippen molar-refractivity contribution in [3.8, 4) is 0 Å². The normalized spacial score (nSPS) is 10.1. The number of para-hydroxylation sites is 1. The van der Waals surface area contributed by atoms with Crippen LogP contribution in [-0.4, -0.2) is 17.9 Å². The molecule has 0 atom stereocenters. The third-order valence-electron chi connectivity index (χ3n) is 2.78. The second-order valence-electron chi connectivity index (χ2n) is 4.42. The molecule has 19 heavy (non-hydrogen) atoms. The number of carbonyl (C=O) groups excluding carboxylic acids is 1. The molecule has 0 fully saturated rings. The van der Waals surface area contributed by atoms with Crippen LogP contribution in [0.5, 0.6) is 0 Å². The van der Waals surface area contributed by atoms with E-state index in [-0.39, 0.29) is 5.91 Å². The summed E-state index contributed by atoms with van der Waals surface area (Å²) in [5.74, 6) is 0.413. The lowest BCUT2D eigenvalue weighted by Gasteiger charge is -2.10. The number of hydrogen-bond donors (Lipinski definition) is 2. The number of nitrogens with zero attached hydrogens (tertiary/aromatic N) is 1. The van der Waals surface area contributed by atoms with Gasteiger partial charge in [-0.3, -0.25) is 4.79 Å². The van der Waals surface area contributed by atoms with Crippen LogP contribution < -0.4 is 10.6 Å². The van der Waals surface area contributed by atoms with Crippen molar-refractivity contribution >= 4 is 17.4 Å². The lowest BCUT2D eigenvalue weighted by molar-refractivity contribution is 0.102. The summed E-state index contributed by atoms with van der Waals surface area (Å²) in [4.78, 5) is 16.5. The van der Waals surface area contributed by atoms with E-state index in [0.29, 0.717) is 11.4 Å². The molecule has 98 valence electrons. The topological polar surface area (TPSA) is 54.0 Å². The molecule has 4 nitrogen and oxygen atoms in total. The third-order valence-corrected chi connectivity index (χ3v) is 2.78. The van der Waals surface area contributed by atoms with E-state index in [4.69, 9.17) is 0 Å². The summed E-state index contributed by atoms with van der Waals surface area (Å²) in [5.41, 5.74) is 3.36. The third kappa shape index (κ3) is 3.10. The largest absolute Gasteiger partial charge is 0.387 e. The molecule has 2 aromatic rings. The molecule has 0 aliphatic carbocycles. The number of hydrogen-bond acceptors (Lipinski definition) is 3. The van der Waals surface area contributed by atoms with E-state index in [0.717, 1.165) is 16.9 Å². The van der Waals surface area contributed by atoms with Crippen LogP contribution in [0.4, 0.5) is 11.5 Å². The summed E-state index contributed by atoms with van der Waals surface area (Å²) >= 11 is 0. The minimum Gasteiger partial charge on any atom is -0.387 e. The van der Waals surface area contributed by atoms with Gasteiger partial charge in [-0.05, 0) is 43.7 Å². The van der Waals surface area contributed by atoms with Gasteiger partial charge in [0.15, 0.2) is 0 Å². The summed E-state index contributed by atoms with van der Waals surface area (Å²) in [6.07, 6.45) is 0. The van der Waals surface area contributed by atoms with Crippen molar-refractivity contribution in [1.82, 2.24) is 4.98 Å². The Kier molecular flexibility index (Phi) is 3.80. The van der Waals surface area contributed by atoms with E-state index >= 15 is 0 Å². The molecule has 1 aromatic heterocycles. The number of carbonyl (C=O) groups is 1. The Morgan fingerprint density at radius 2 is 1.89 bits per heavy atom. The minimum atomic E-state index is -0.164. The first-order chi connectivity index (χ1) is 9.10. The maximum atomic E-state index is 12.2. The van der Waals surface area contributed by atoms with Crippen molar-refractivity contribution in [2.24, 2.45) is 0 Å². The first-order valence-corrected chi connectivity index (χ1v) is 6.13. The minimum absolute atomic E-state index is 0.164. The predicted octanol–water partition coefficient (Wildman–Crippen LogP) is 2.99. The molecular formula is C15H17N3O. The highest BCUT2D eigenvalue weighted by molar-refractivity contribution is 6.07. The Morgan fingerprint density at radius 3 is 2.58 bits per heavy atom. The van der Waals surface area contributed by atoms with Gasteiger partial charge >= 0.3 is 0 Å². The lowest BCUT2D eigenvalue weighted by Crippen LogP contribution is -2.15. The smallest absolute Gasteiger partial charge is 0.258 e. The quantitative estimate of drug-likeness (QED) is 0.886. The number of aryl methyl sites for hydroxylation is 2. The molecule has 4 heteroatoms. The highest BCUT2D eigenvalue weighted by Gasteiger charge is 2.11. The summed E-state index contributed by atoms with van der Waals surface area (Å²) in [6.45, 7) is 3.89. The highest BCUT2D eigenvalue weighted by atomic mass is 16.1. The van der Waals surface area contributed by atoms with Crippen molar-refractivity contribution < 1.29 is 4.79 Å². The van der Waals surface area contributed by atoms with Crippen LogP contribution in [0.1, 0.15) is 21.6 Å². The fraction of sp³-hybridized carbons (Fsp3) is 0.200. The molecule has 2 rings (SSSR count). The van der Waals surface area contributed by atoms with Crippen molar-refractivity contribution in [1.29, 1.82) is 0 Å². The van der Waals surface area contributed by atoms with Crippen LogP contribution in [0.3, 0.4) is 0 Å². The van der Waals surface area contributed by atoms with Crippen molar-refractivity contribution in [2.45, 2.75) is 13.8 Å². The number of anilines is 2. The molecule has 0 bridgehead atoms. The van der Waals surface area contributed by atoms with Gasteiger partial charge in [-0.15, -0.1) is 0 Å². The van der Waals surface area contributed by atoms with Crippen LogP contribution in [0.15, 0.2) is 36.4 Å². The second kappa shape index (κ2) is 5.52. The van der Waals surface area contributed by atoms with E-state index in [1.165, 1.54) is 0 Å². The molecule has 2 N–H and O–H groups in total. The number of nitrogens with one attached hydrogen (secondary N) is 2. The Labute approximate surface area is 112 Å². The first kappa shape index (κ1) is 13.1. The Bertz CT molecular complexity index is 588. The molecular weight excluding hydrogens is 238 g/mol. The van der Waals surface area contributed by atoms with Crippen LogP contribution in [0.25, 0.3) is 0 Å². The zero-order valence-electron chi connectivity index (χ0n) is 11.3. The molecule has 0 unspecified atom stereocenters. The Morgan fingerprint density at radius 1 is 1.16 bits per heavy atom. The van der Waals surface area contributed by atoms with Gasteiger partial charge < -0.3 is 10.6 Å². The Balaban J connectivity index is 2.25. The van der Waals surface area contributed by atoms with Crippen molar-refractivity contribution in [3.63, 3.8) is 0 Å². The van der Waals surface area contributed by atoms with Gasteiger partial charge in [0.05, 0.1) is 5.56 Å². The SMILES string of the molecule is CNc1ccccc1C(=O)Nc1cc(C)cc(C)n1. The van der Waals surface area contributed by atoms with Gasteiger partial charge in [0.25, 0.3) is 5.91 Å². The fourth-order valence-electron chi connectivity index (χ4n) is 1.99. The molecule has 1 amide bonds. The maximum absolute atomic E-state index is 12.2. The molecule has 0 aliphatic rings. The molecule has 0 spiro atoms. The highest BCUT2D eigenvalue weighted by Crippen LogP contribution is 2.16. The summed E-state index contributed by atoms with van der Waals surface area (Å²) < 4.78 is 0. The molecule has 0 saturated heterocycles. The summed E-state index contributed by atoms with van der Waals surface area (Å²) in [7, 11) is 1.79. The van der Waals surface area contributed by atoms with E-state index in [2.05, 4.69) is 15.6 Å². The van der Waals surface area contributed by atoms with Gasteiger partial charge in [0.1, 0.15) is 5.82 Å². The number of benzene rings is 1. The number of aromatic nitrogens is 1. The van der Waals surface area contributed by atoms with Crippen LogP contribution >= 0.6 is 0 Å². The zero-order chi connectivity index (χ0) is 13.8. The lowest BCUT2D eigenvalue weighted by atomic mass is 10.1. The first-order valence-electron chi connectivity index (χ1n) is 6.13. The van der Waals surface area contributed by atoms with E-state index in [1.54, 1.807) is 13.1 Å². The van der Waals surface area contributed by atoms with Gasteiger partial charge in [-0.2, -0.15) is 0 Å². The summed E-state index contributed by atoms with van der Waals surface area (Å²) in [5, 5.41) is 5.83. The Hall–Kier alpha value is -2.36. The maximum Gasteiger partial charge on any atom is 0.258 e. The monoisotopic (exact) mass is 255 g/mol. The van der Waals surface area contributed by atoms with E-state index in [9.17, 15) is 4.79 Å². The number of rotatable bonds is 3. The van der Waals surface area contributed by atoms with Crippen LogP contribution in [-0.2, 0) is 0 Å². The predicted molar refractivity (Wildman–Crippen MR) is 77.7 cm³/mol.